The van der Waals surface area contributed by atoms with Gasteiger partial charge in [-0.25, -0.2) is 22.6 Å². The molecule has 0 saturated carbocycles. The molecule has 0 aliphatic carbocycles. The zero-order valence-electron chi connectivity index (χ0n) is 20.7. The maximum atomic E-state index is 14.1. The van der Waals surface area contributed by atoms with E-state index < -0.39 is 40.2 Å². The minimum atomic E-state index is -3.92. The number of benzene rings is 2. The first kappa shape index (κ1) is 25.1. The number of carbonyl (C=O) groups is 1. The Labute approximate surface area is 213 Å². The molecule has 1 aliphatic rings. The van der Waals surface area contributed by atoms with Crippen LogP contribution < -0.4 is 0 Å². The third-order valence-corrected chi connectivity index (χ3v) is 8.02. The minimum Gasteiger partial charge on any atom is -0.443 e. The Morgan fingerprint density at radius 2 is 1.95 bits per heavy atom. The predicted octanol–water partition coefficient (Wildman–Crippen LogP) is 3.60. The second-order valence-electron chi connectivity index (χ2n) is 9.89. The third kappa shape index (κ3) is 4.41. The summed E-state index contributed by atoms with van der Waals surface area (Å²) in [4.78, 5) is 17.1. The largest absolute Gasteiger partial charge is 0.443 e. The lowest BCUT2D eigenvalue weighted by atomic mass is 9.99. The number of hydrogen-bond acceptors (Lipinski definition) is 7. The highest BCUT2D eigenvalue weighted by atomic mass is 32.2. The smallest absolute Gasteiger partial charge is 0.419 e. The summed E-state index contributed by atoms with van der Waals surface area (Å²) >= 11 is 0. The van der Waals surface area contributed by atoms with Crippen molar-refractivity contribution in [1.29, 1.82) is 0 Å². The topological polar surface area (TPSA) is 120 Å². The highest BCUT2D eigenvalue weighted by molar-refractivity contribution is 7.89. The number of aliphatic hydroxyl groups excluding tert-OH is 1. The Hall–Kier alpha value is -3.61. The summed E-state index contributed by atoms with van der Waals surface area (Å²) in [6.07, 6.45) is 2.35. The third-order valence-electron chi connectivity index (χ3n) is 6.09. The molecule has 2 aromatic carbocycles. The van der Waals surface area contributed by atoms with Crippen LogP contribution in [0.25, 0.3) is 22.0 Å². The van der Waals surface area contributed by atoms with E-state index in [9.17, 15) is 22.7 Å². The predicted molar refractivity (Wildman–Crippen MR) is 133 cm³/mol. The van der Waals surface area contributed by atoms with Crippen LogP contribution in [0.5, 0.6) is 0 Å². The SMILES string of the molecule is Cn1cnc(CN2C(CO)c3cc(-c4cn(C(=O)OC(C)(C)C)c5cc(F)ccc45)ccc3S2(=O)=O)n1. The number of halogens is 1. The van der Waals surface area contributed by atoms with Gasteiger partial charge in [0, 0.05) is 24.2 Å². The molecule has 1 N–H and O–H groups in total. The average Bonchev–Trinajstić information content (AvgIpc) is 3.45. The van der Waals surface area contributed by atoms with Crippen molar-refractivity contribution in [2.24, 2.45) is 7.05 Å². The lowest BCUT2D eigenvalue weighted by molar-refractivity contribution is 0.0544. The van der Waals surface area contributed by atoms with E-state index in [1.165, 1.54) is 38.1 Å². The number of fused-ring (bicyclic) bond motifs is 2. The normalized spacial score (nSPS) is 17.3. The van der Waals surface area contributed by atoms with Crippen LogP contribution in [0.15, 0.2) is 53.8 Å². The first-order chi connectivity index (χ1) is 17.4. The standard InChI is InChI=1S/C25H26FN5O5S/c1-25(2,3)36-24(33)30-11-19(17-7-6-16(26)10-20(17)30)15-5-8-22-18(9-15)21(13-32)31(37(22,34)35)12-23-27-14-29(4)28-23/h5-11,14,21,32H,12-13H2,1-4H3. The maximum absolute atomic E-state index is 14.1. The second-order valence-corrected chi connectivity index (χ2v) is 11.7. The average molecular weight is 528 g/mol. The van der Waals surface area contributed by atoms with Gasteiger partial charge in [0.15, 0.2) is 5.82 Å². The van der Waals surface area contributed by atoms with E-state index in [0.29, 0.717) is 33.4 Å². The fourth-order valence-corrected chi connectivity index (χ4v) is 6.32. The van der Waals surface area contributed by atoms with Crippen LogP contribution in [0.1, 0.15) is 38.2 Å². The number of hydrogen-bond donors (Lipinski definition) is 1. The molecule has 12 heteroatoms. The van der Waals surface area contributed by atoms with Crippen molar-refractivity contribution in [1.82, 2.24) is 23.6 Å². The summed E-state index contributed by atoms with van der Waals surface area (Å²) in [5, 5.41) is 14.9. The van der Waals surface area contributed by atoms with Gasteiger partial charge in [0.2, 0.25) is 10.0 Å². The van der Waals surface area contributed by atoms with Crippen LogP contribution in [-0.2, 0) is 28.4 Å². The van der Waals surface area contributed by atoms with Gasteiger partial charge < -0.3 is 9.84 Å². The lowest BCUT2D eigenvalue weighted by Gasteiger charge is -2.20. The van der Waals surface area contributed by atoms with Crippen LogP contribution in [-0.4, -0.2) is 55.5 Å². The Balaban J connectivity index is 1.61. The quantitative estimate of drug-likeness (QED) is 0.431. The molecule has 1 aliphatic heterocycles. The highest BCUT2D eigenvalue weighted by Crippen LogP contribution is 2.43. The molecular formula is C25H26FN5O5S. The number of carbonyl (C=O) groups excluding carboxylic acids is 1. The summed E-state index contributed by atoms with van der Waals surface area (Å²) in [6, 6.07) is 8.05. The summed E-state index contributed by atoms with van der Waals surface area (Å²) in [7, 11) is -2.24. The van der Waals surface area contributed by atoms with Crippen molar-refractivity contribution in [3.63, 3.8) is 0 Å². The van der Waals surface area contributed by atoms with Crippen LogP contribution in [0.2, 0.25) is 0 Å². The van der Waals surface area contributed by atoms with Gasteiger partial charge in [0.25, 0.3) is 0 Å². The fourth-order valence-electron chi connectivity index (χ4n) is 4.53. The molecule has 0 radical (unpaired) electrons. The van der Waals surface area contributed by atoms with Gasteiger partial charge in [0.1, 0.15) is 17.7 Å². The molecule has 1 atom stereocenters. The number of sulfonamides is 1. The van der Waals surface area contributed by atoms with Crippen molar-refractivity contribution in [3.8, 4) is 11.1 Å². The Bertz CT molecular complexity index is 1640. The molecule has 10 nitrogen and oxygen atoms in total. The van der Waals surface area contributed by atoms with Gasteiger partial charge in [-0.3, -0.25) is 9.25 Å². The van der Waals surface area contributed by atoms with Gasteiger partial charge in [-0.2, -0.15) is 9.40 Å². The molecule has 5 rings (SSSR count). The van der Waals surface area contributed by atoms with E-state index in [2.05, 4.69) is 10.1 Å². The van der Waals surface area contributed by atoms with Crippen LogP contribution >= 0.6 is 0 Å². The first-order valence-corrected chi connectivity index (χ1v) is 13.0. The molecule has 0 bridgehead atoms. The molecule has 37 heavy (non-hydrogen) atoms. The molecule has 3 heterocycles. The molecule has 2 aromatic heterocycles. The van der Waals surface area contributed by atoms with Crippen LogP contribution in [0, 0.1) is 5.82 Å². The Morgan fingerprint density at radius 3 is 2.59 bits per heavy atom. The molecule has 0 fully saturated rings. The first-order valence-electron chi connectivity index (χ1n) is 11.5. The van der Waals surface area contributed by atoms with Gasteiger partial charge in [-0.15, -0.1) is 0 Å². The van der Waals surface area contributed by atoms with Gasteiger partial charge in [0.05, 0.1) is 29.6 Å². The summed E-state index contributed by atoms with van der Waals surface area (Å²) in [5.41, 5.74) is 1.16. The zero-order chi connectivity index (χ0) is 26.7. The minimum absolute atomic E-state index is 0.0770. The van der Waals surface area contributed by atoms with Crippen LogP contribution in [0.4, 0.5) is 9.18 Å². The van der Waals surface area contributed by atoms with Crippen molar-refractivity contribution >= 4 is 27.0 Å². The van der Waals surface area contributed by atoms with Crippen molar-refractivity contribution < 1.29 is 27.4 Å². The number of rotatable bonds is 4. The Morgan fingerprint density at radius 1 is 1.19 bits per heavy atom. The molecule has 4 aromatic rings. The van der Waals surface area contributed by atoms with E-state index in [1.54, 1.807) is 52.2 Å². The summed E-state index contributed by atoms with van der Waals surface area (Å²) in [6.45, 7) is 4.66. The van der Waals surface area contributed by atoms with Crippen molar-refractivity contribution in [3.05, 3.63) is 66.1 Å². The fraction of sp³-hybridized carbons (Fsp3) is 0.320. The monoisotopic (exact) mass is 527 g/mol. The number of nitrogens with zero attached hydrogens (tertiary/aromatic N) is 5. The van der Waals surface area contributed by atoms with E-state index in [4.69, 9.17) is 4.74 Å². The molecule has 0 amide bonds. The lowest BCUT2D eigenvalue weighted by Crippen LogP contribution is -2.30. The summed E-state index contributed by atoms with van der Waals surface area (Å²) in [5.74, 6) is -0.207. The summed E-state index contributed by atoms with van der Waals surface area (Å²) < 4.78 is 50.2. The van der Waals surface area contributed by atoms with Gasteiger partial charge >= 0.3 is 6.09 Å². The van der Waals surface area contributed by atoms with Gasteiger partial charge in [-0.05, 0) is 62.2 Å². The van der Waals surface area contributed by atoms with E-state index in [0.717, 1.165) is 0 Å². The number of aliphatic hydroxyl groups is 1. The van der Waals surface area contributed by atoms with E-state index in [-0.39, 0.29) is 11.4 Å². The van der Waals surface area contributed by atoms with Crippen LogP contribution in [0.3, 0.4) is 0 Å². The second kappa shape index (κ2) is 8.75. The number of ether oxygens (including phenoxy) is 1. The number of aromatic nitrogens is 4. The molecule has 0 saturated heterocycles. The van der Waals surface area contributed by atoms with Gasteiger partial charge in [-0.1, -0.05) is 6.07 Å². The molecular weight excluding hydrogens is 501 g/mol. The zero-order valence-corrected chi connectivity index (χ0v) is 21.5. The molecule has 1 unspecified atom stereocenters. The van der Waals surface area contributed by atoms with E-state index >= 15 is 0 Å². The van der Waals surface area contributed by atoms with E-state index in [1.807, 2.05) is 0 Å². The molecule has 194 valence electrons. The highest BCUT2D eigenvalue weighted by Gasteiger charge is 2.43. The molecule has 0 spiro atoms. The maximum Gasteiger partial charge on any atom is 0.419 e. The van der Waals surface area contributed by atoms with Crippen molar-refractivity contribution in [2.45, 2.75) is 43.9 Å². The Kier molecular flexibility index (Phi) is 5.93. The number of aryl methyl sites for hydroxylation is 1. The van der Waals surface area contributed by atoms with Crippen molar-refractivity contribution in [2.75, 3.05) is 6.61 Å².